The summed E-state index contributed by atoms with van der Waals surface area (Å²) in [7, 11) is 0. The maximum atomic E-state index is 10.2. The average molecular weight is 428 g/mol. The second-order valence-electron chi connectivity index (χ2n) is 7.05. The first-order valence-corrected chi connectivity index (χ1v) is 10.7. The summed E-state index contributed by atoms with van der Waals surface area (Å²) in [5.74, 6) is 0. The largest absolute Gasteiger partial charge is 0.387 e. The fourth-order valence-corrected chi connectivity index (χ4v) is 3.22. The van der Waals surface area contributed by atoms with Gasteiger partial charge in [-0.25, -0.2) is 0 Å². The second-order valence-corrected chi connectivity index (χ2v) is 8.17. The van der Waals surface area contributed by atoms with Gasteiger partial charge in [-0.3, -0.25) is 4.98 Å². The summed E-state index contributed by atoms with van der Waals surface area (Å²) in [6, 6.07) is 5.94. The number of nitrogens with zero attached hydrogens (tertiary/aromatic N) is 1. The molecule has 1 aromatic rings. The number of rotatable bonds is 13. The Morgan fingerprint density at radius 3 is 2.82 bits per heavy atom. The molecule has 3 unspecified atom stereocenters. The zero-order valence-electron chi connectivity index (χ0n) is 16.2. The van der Waals surface area contributed by atoms with Gasteiger partial charge in [0.05, 0.1) is 18.1 Å². The van der Waals surface area contributed by atoms with Crippen molar-refractivity contribution in [2.45, 2.75) is 48.6 Å². The number of pyridine rings is 1. The number of aliphatic hydroxyl groups is 1. The molecule has 0 radical (unpaired) electrons. The van der Waals surface area contributed by atoms with Gasteiger partial charge in [0.15, 0.2) is 0 Å². The quantitative estimate of drug-likeness (QED) is 0.256. The molecular formula is C21H31Cl2N3O2. The third kappa shape index (κ3) is 8.60. The van der Waals surface area contributed by atoms with Gasteiger partial charge in [0.2, 0.25) is 0 Å². The Morgan fingerprint density at radius 1 is 1.25 bits per heavy atom. The van der Waals surface area contributed by atoms with E-state index in [4.69, 9.17) is 33.7 Å². The number of hydrogen-bond acceptors (Lipinski definition) is 5. The molecule has 28 heavy (non-hydrogen) atoms. The highest BCUT2D eigenvalue weighted by Gasteiger charge is 2.30. The Hall–Kier alpha value is -0.950. The van der Waals surface area contributed by atoms with Crippen LogP contribution >= 0.6 is 23.2 Å². The van der Waals surface area contributed by atoms with Crippen LogP contribution in [-0.2, 0) is 11.2 Å². The number of ether oxygens (including phenoxy) is 1. The summed E-state index contributed by atoms with van der Waals surface area (Å²) in [5, 5.41) is 13.0. The number of aromatic nitrogens is 1. The number of nitrogens with two attached hydrogens (primary N) is 1. The molecule has 7 heteroatoms. The lowest BCUT2D eigenvalue weighted by molar-refractivity contribution is 0.132. The molecule has 0 aromatic carbocycles. The van der Waals surface area contributed by atoms with Gasteiger partial charge in [0.25, 0.3) is 0 Å². The number of halogens is 2. The third-order valence-corrected chi connectivity index (χ3v) is 5.60. The van der Waals surface area contributed by atoms with E-state index in [0.29, 0.717) is 6.54 Å². The lowest BCUT2D eigenvalue weighted by Gasteiger charge is -2.27. The monoisotopic (exact) mass is 427 g/mol. The van der Waals surface area contributed by atoms with E-state index in [0.717, 1.165) is 63.1 Å². The van der Waals surface area contributed by atoms with E-state index < -0.39 is 16.5 Å². The van der Waals surface area contributed by atoms with Crippen LogP contribution in [0.4, 0.5) is 0 Å². The van der Waals surface area contributed by atoms with Crippen LogP contribution in [0.25, 0.3) is 0 Å². The maximum Gasteiger partial charge on any atom is 0.130 e. The van der Waals surface area contributed by atoms with Crippen molar-refractivity contribution in [3.05, 3.63) is 53.9 Å². The number of hydrogen-bond donors (Lipinski definition) is 3. The minimum absolute atomic E-state index is 0.482. The number of alkyl halides is 2. The normalized spacial score (nSPS) is 22.9. The van der Waals surface area contributed by atoms with Crippen LogP contribution in [0, 0.1) is 0 Å². The Kier molecular flexibility index (Phi) is 10.5. The summed E-state index contributed by atoms with van der Waals surface area (Å²) in [5.41, 5.74) is 7.63. The molecule has 2 rings (SSSR count). The van der Waals surface area contributed by atoms with Crippen molar-refractivity contribution < 1.29 is 9.84 Å². The molecule has 0 aliphatic heterocycles. The molecule has 0 fully saturated rings. The molecule has 1 heterocycles. The Balaban J connectivity index is 1.42. The number of nitrogens with one attached hydrogen (secondary N) is 1. The SMILES string of the molecule is NC1(Cl)C=CC(C(O)CNCCCCCCOCCc2ccccn2)=CC1Cl. The molecule has 0 saturated carbocycles. The van der Waals surface area contributed by atoms with Crippen molar-refractivity contribution >= 4 is 23.2 Å². The highest BCUT2D eigenvalue weighted by Crippen LogP contribution is 2.28. The summed E-state index contributed by atoms with van der Waals surface area (Å²) in [6.45, 7) is 2.87. The van der Waals surface area contributed by atoms with E-state index in [1.807, 2.05) is 24.4 Å². The Labute approximate surface area is 178 Å². The topological polar surface area (TPSA) is 80.4 Å². The van der Waals surface area contributed by atoms with E-state index in [1.54, 1.807) is 18.2 Å². The summed E-state index contributed by atoms with van der Waals surface area (Å²) in [4.78, 5) is 3.19. The lowest BCUT2D eigenvalue weighted by Crippen LogP contribution is -2.42. The van der Waals surface area contributed by atoms with E-state index in [2.05, 4.69) is 10.3 Å². The average Bonchev–Trinajstić information content (AvgIpc) is 2.69. The van der Waals surface area contributed by atoms with Crippen molar-refractivity contribution in [3.63, 3.8) is 0 Å². The van der Waals surface area contributed by atoms with Gasteiger partial charge >= 0.3 is 0 Å². The molecule has 1 aliphatic rings. The first-order chi connectivity index (χ1) is 13.5. The molecule has 156 valence electrons. The van der Waals surface area contributed by atoms with E-state index in [-0.39, 0.29) is 0 Å². The van der Waals surface area contributed by atoms with Crippen molar-refractivity contribution in [2.24, 2.45) is 5.73 Å². The van der Waals surface area contributed by atoms with Gasteiger partial charge < -0.3 is 20.9 Å². The third-order valence-electron chi connectivity index (χ3n) is 4.64. The second kappa shape index (κ2) is 12.6. The van der Waals surface area contributed by atoms with Crippen LogP contribution in [0.1, 0.15) is 31.4 Å². The van der Waals surface area contributed by atoms with Crippen LogP contribution in [-0.4, -0.2) is 52.9 Å². The molecule has 1 aliphatic carbocycles. The van der Waals surface area contributed by atoms with Crippen molar-refractivity contribution in [1.82, 2.24) is 10.3 Å². The van der Waals surface area contributed by atoms with E-state index >= 15 is 0 Å². The van der Waals surface area contributed by atoms with E-state index in [9.17, 15) is 5.11 Å². The van der Waals surface area contributed by atoms with Crippen LogP contribution in [0.2, 0.25) is 0 Å². The number of unbranched alkanes of at least 4 members (excludes halogenated alkanes) is 3. The first kappa shape index (κ1) is 23.3. The summed E-state index contributed by atoms with van der Waals surface area (Å²) < 4.78 is 5.66. The zero-order chi connectivity index (χ0) is 20.2. The predicted molar refractivity (Wildman–Crippen MR) is 116 cm³/mol. The van der Waals surface area contributed by atoms with Crippen LogP contribution in [0.3, 0.4) is 0 Å². The molecule has 1 aromatic heterocycles. The van der Waals surface area contributed by atoms with Crippen molar-refractivity contribution in [2.75, 3.05) is 26.3 Å². The summed E-state index contributed by atoms with van der Waals surface area (Å²) >= 11 is 12.2. The Bertz CT molecular complexity index is 623. The van der Waals surface area contributed by atoms with Crippen LogP contribution in [0.5, 0.6) is 0 Å². The molecule has 0 saturated heterocycles. The molecule has 5 nitrogen and oxygen atoms in total. The standard InChI is InChI=1S/C21H31Cl2N3O2/c22-20-15-17(8-10-21(20,23)24)19(27)16-25-11-4-1-2-6-13-28-14-9-18-7-3-5-12-26-18/h3,5,7-8,10,12,15,19-20,25,27H,1-2,4,6,9,11,13-14,16,24H2. The molecule has 4 N–H and O–H groups in total. The maximum absolute atomic E-state index is 10.2. The molecule has 3 atom stereocenters. The smallest absolute Gasteiger partial charge is 0.130 e. The van der Waals surface area contributed by atoms with Gasteiger partial charge in [0, 0.05) is 31.5 Å². The van der Waals surface area contributed by atoms with Crippen LogP contribution < -0.4 is 11.1 Å². The lowest BCUT2D eigenvalue weighted by atomic mass is 9.98. The molecule has 0 spiro atoms. The minimum atomic E-state index is -1.08. The molecular weight excluding hydrogens is 397 g/mol. The van der Waals surface area contributed by atoms with Crippen molar-refractivity contribution in [1.29, 1.82) is 0 Å². The van der Waals surface area contributed by atoms with Gasteiger partial charge in [-0.1, -0.05) is 42.7 Å². The minimum Gasteiger partial charge on any atom is -0.387 e. The summed E-state index contributed by atoms with van der Waals surface area (Å²) in [6.07, 6.45) is 11.6. The highest BCUT2D eigenvalue weighted by molar-refractivity contribution is 6.34. The fourth-order valence-electron chi connectivity index (χ4n) is 2.88. The van der Waals surface area contributed by atoms with Gasteiger partial charge in [-0.2, -0.15) is 0 Å². The number of aliphatic hydroxyl groups excluding tert-OH is 1. The molecule has 0 amide bonds. The predicted octanol–water partition coefficient (Wildman–Crippen LogP) is 3.15. The van der Waals surface area contributed by atoms with Gasteiger partial charge in [-0.15, -0.1) is 11.6 Å². The van der Waals surface area contributed by atoms with Crippen molar-refractivity contribution in [3.8, 4) is 0 Å². The van der Waals surface area contributed by atoms with Crippen LogP contribution in [0.15, 0.2) is 48.2 Å². The zero-order valence-corrected chi connectivity index (χ0v) is 17.7. The first-order valence-electron chi connectivity index (χ1n) is 9.88. The van der Waals surface area contributed by atoms with Gasteiger partial charge in [0.1, 0.15) is 5.00 Å². The molecule has 0 bridgehead atoms. The highest BCUT2D eigenvalue weighted by atomic mass is 35.5. The van der Waals surface area contributed by atoms with Gasteiger partial charge in [-0.05, 0) is 43.2 Å². The fraction of sp³-hybridized carbons (Fsp3) is 0.571. The van der Waals surface area contributed by atoms with E-state index in [1.165, 1.54) is 0 Å². The Morgan fingerprint density at radius 2 is 2.07 bits per heavy atom.